The van der Waals surface area contributed by atoms with E-state index in [-0.39, 0.29) is 29.8 Å². The summed E-state index contributed by atoms with van der Waals surface area (Å²) in [7, 11) is -4.14. The Balaban J connectivity index is 1.81. The van der Waals surface area contributed by atoms with Crippen molar-refractivity contribution < 1.29 is 18.0 Å². The first-order valence-corrected chi connectivity index (χ1v) is 16.8. The first-order chi connectivity index (χ1) is 21.1. The minimum absolute atomic E-state index is 0.0635. The number of benzene rings is 4. The minimum Gasteiger partial charge on any atom is -0.352 e. The molecule has 4 aromatic carbocycles. The lowest BCUT2D eigenvalue weighted by molar-refractivity contribution is -0.140. The number of rotatable bonds is 13. The third-order valence-corrected chi connectivity index (χ3v) is 9.86. The average Bonchev–Trinajstić information content (AvgIpc) is 3.03. The molecule has 0 aliphatic rings. The van der Waals surface area contributed by atoms with Crippen molar-refractivity contribution in [1.82, 2.24) is 10.2 Å². The Morgan fingerprint density at radius 1 is 0.864 bits per heavy atom. The van der Waals surface area contributed by atoms with Gasteiger partial charge in [0.2, 0.25) is 11.8 Å². The van der Waals surface area contributed by atoms with E-state index in [9.17, 15) is 18.0 Å². The van der Waals surface area contributed by atoms with Crippen LogP contribution in [-0.2, 0) is 32.6 Å². The van der Waals surface area contributed by atoms with E-state index in [0.717, 1.165) is 27.4 Å². The molecular formula is C35H38BrN3O4S. The van der Waals surface area contributed by atoms with Crippen molar-refractivity contribution in [3.63, 3.8) is 0 Å². The molecule has 7 nitrogen and oxygen atoms in total. The van der Waals surface area contributed by atoms with Crippen molar-refractivity contribution in [2.24, 2.45) is 0 Å². The Morgan fingerprint density at radius 2 is 1.50 bits per heavy atom. The summed E-state index contributed by atoms with van der Waals surface area (Å²) in [6, 6.07) is 31.1. The van der Waals surface area contributed by atoms with Crippen LogP contribution in [0, 0.1) is 6.92 Å². The molecule has 0 radical (unpaired) electrons. The smallest absolute Gasteiger partial charge is 0.264 e. The molecule has 0 aromatic heterocycles. The van der Waals surface area contributed by atoms with E-state index < -0.39 is 28.5 Å². The highest BCUT2D eigenvalue weighted by atomic mass is 79.9. The minimum atomic E-state index is -4.14. The Labute approximate surface area is 269 Å². The number of carbonyl (C=O) groups is 2. The molecule has 4 aromatic rings. The zero-order valence-electron chi connectivity index (χ0n) is 25.2. The fraction of sp³-hybridized carbons (Fsp3) is 0.257. The molecule has 0 saturated heterocycles. The van der Waals surface area contributed by atoms with Crippen LogP contribution in [-0.4, -0.2) is 43.8 Å². The fourth-order valence-corrected chi connectivity index (χ4v) is 6.66. The highest BCUT2D eigenvalue weighted by Gasteiger charge is 2.35. The number of hydrogen-bond acceptors (Lipinski definition) is 4. The SMILES string of the molecule is CC[C@@H](C)NC(=O)[C@@H](Cc1ccccc1)N(Cc1ccccc1C)C(=O)CN(c1cccc(Br)c1)S(=O)(=O)c1ccccc1. The molecule has 0 fully saturated rings. The van der Waals surface area contributed by atoms with E-state index in [2.05, 4.69) is 21.2 Å². The standard InChI is InChI=1S/C35H38BrN3O4S/c1-4-27(3)37-35(41)33(22-28-15-7-5-8-16-28)38(24-29-17-12-11-14-26(29)2)34(40)25-39(31-19-13-18-30(36)23-31)44(42,43)32-20-9-6-10-21-32/h5-21,23,27,33H,4,22,24-25H2,1-3H3,(H,37,41)/t27-,33-/m1/s1. The number of aryl methyl sites for hydroxylation is 1. The summed E-state index contributed by atoms with van der Waals surface area (Å²) in [5.41, 5.74) is 3.05. The summed E-state index contributed by atoms with van der Waals surface area (Å²) in [4.78, 5) is 30.0. The van der Waals surface area contributed by atoms with Crippen LogP contribution < -0.4 is 9.62 Å². The van der Waals surface area contributed by atoms with E-state index in [0.29, 0.717) is 10.2 Å². The molecule has 0 bridgehead atoms. The van der Waals surface area contributed by atoms with E-state index in [1.54, 1.807) is 42.5 Å². The van der Waals surface area contributed by atoms with Gasteiger partial charge in [-0.3, -0.25) is 13.9 Å². The molecule has 0 unspecified atom stereocenters. The van der Waals surface area contributed by atoms with E-state index >= 15 is 0 Å². The number of nitrogens with zero attached hydrogens (tertiary/aromatic N) is 2. The average molecular weight is 677 g/mol. The van der Waals surface area contributed by atoms with Crippen LogP contribution in [0.3, 0.4) is 0 Å². The van der Waals surface area contributed by atoms with Crippen LogP contribution in [0.15, 0.2) is 119 Å². The Morgan fingerprint density at radius 3 is 2.14 bits per heavy atom. The van der Waals surface area contributed by atoms with Gasteiger partial charge in [-0.25, -0.2) is 8.42 Å². The van der Waals surface area contributed by atoms with Gasteiger partial charge < -0.3 is 10.2 Å². The van der Waals surface area contributed by atoms with Crippen molar-refractivity contribution in [3.05, 3.63) is 130 Å². The number of carbonyl (C=O) groups excluding carboxylic acids is 2. The molecular weight excluding hydrogens is 638 g/mol. The molecule has 0 aliphatic carbocycles. The maximum absolute atomic E-state index is 14.5. The molecule has 0 saturated carbocycles. The van der Waals surface area contributed by atoms with Crippen molar-refractivity contribution in [3.8, 4) is 0 Å². The predicted molar refractivity (Wildman–Crippen MR) is 179 cm³/mol. The second-order valence-corrected chi connectivity index (χ2v) is 13.6. The number of halogens is 1. The van der Waals surface area contributed by atoms with E-state index in [1.165, 1.54) is 17.0 Å². The van der Waals surface area contributed by atoms with Gasteiger partial charge in [0, 0.05) is 23.5 Å². The summed E-state index contributed by atoms with van der Waals surface area (Å²) in [6.45, 7) is 5.50. The van der Waals surface area contributed by atoms with Gasteiger partial charge in [-0.15, -0.1) is 0 Å². The normalized spacial score (nSPS) is 12.6. The lowest BCUT2D eigenvalue weighted by Crippen LogP contribution is -2.54. The van der Waals surface area contributed by atoms with E-state index in [4.69, 9.17) is 0 Å². The molecule has 0 spiro atoms. The summed E-state index contributed by atoms with van der Waals surface area (Å²) in [5.74, 6) is -0.780. The van der Waals surface area contributed by atoms with Crippen LogP contribution in [0.2, 0.25) is 0 Å². The van der Waals surface area contributed by atoms with Gasteiger partial charge in [0.1, 0.15) is 12.6 Å². The van der Waals surface area contributed by atoms with Crippen LogP contribution in [0.4, 0.5) is 5.69 Å². The van der Waals surface area contributed by atoms with E-state index in [1.807, 2.05) is 75.4 Å². The van der Waals surface area contributed by atoms with Crippen molar-refractivity contribution in [1.29, 1.82) is 0 Å². The number of sulfonamides is 1. The molecule has 1 N–H and O–H groups in total. The lowest BCUT2D eigenvalue weighted by atomic mass is 10.0. The maximum Gasteiger partial charge on any atom is 0.264 e. The highest BCUT2D eigenvalue weighted by Crippen LogP contribution is 2.27. The zero-order chi connectivity index (χ0) is 31.7. The molecule has 0 heterocycles. The fourth-order valence-electron chi connectivity index (χ4n) is 4.85. The molecule has 230 valence electrons. The third-order valence-electron chi connectivity index (χ3n) is 7.58. The topological polar surface area (TPSA) is 86.8 Å². The largest absolute Gasteiger partial charge is 0.352 e. The zero-order valence-corrected chi connectivity index (χ0v) is 27.6. The summed E-state index contributed by atoms with van der Waals surface area (Å²) in [5, 5.41) is 3.06. The number of amides is 2. The van der Waals surface area contributed by atoms with Crippen molar-refractivity contribution in [2.45, 2.75) is 57.1 Å². The number of anilines is 1. The Kier molecular flexibility index (Phi) is 11.4. The Bertz CT molecular complexity index is 1670. The molecule has 2 amide bonds. The van der Waals surface area contributed by atoms with Crippen molar-refractivity contribution >= 4 is 43.5 Å². The molecule has 4 rings (SSSR count). The molecule has 0 aliphatic heterocycles. The molecule has 44 heavy (non-hydrogen) atoms. The first-order valence-electron chi connectivity index (χ1n) is 14.6. The Hall–Kier alpha value is -3.95. The van der Waals surface area contributed by atoms with Crippen LogP contribution in [0.5, 0.6) is 0 Å². The van der Waals surface area contributed by atoms with Crippen LogP contribution in [0.25, 0.3) is 0 Å². The highest BCUT2D eigenvalue weighted by molar-refractivity contribution is 9.10. The second kappa shape index (κ2) is 15.2. The van der Waals surface area contributed by atoms with Crippen LogP contribution in [0.1, 0.15) is 37.0 Å². The van der Waals surface area contributed by atoms with Gasteiger partial charge in [0.25, 0.3) is 10.0 Å². The summed E-state index contributed by atoms with van der Waals surface area (Å²) >= 11 is 3.44. The number of nitrogens with one attached hydrogen (secondary N) is 1. The predicted octanol–water partition coefficient (Wildman–Crippen LogP) is 6.51. The van der Waals surface area contributed by atoms with Gasteiger partial charge in [-0.1, -0.05) is 102 Å². The van der Waals surface area contributed by atoms with Gasteiger partial charge in [0.05, 0.1) is 10.6 Å². The van der Waals surface area contributed by atoms with Crippen molar-refractivity contribution in [2.75, 3.05) is 10.8 Å². The van der Waals surface area contributed by atoms with Crippen LogP contribution >= 0.6 is 15.9 Å². The van der Waals surface area contributed by atoms with Gasteiger partial charge in [-0.2, -0.15) is 0 Å². The summed E-state index contributed by atoms with van der Waals surface area (Å²) in [6.07, 6.45) is 0.991. The third kappa shape index (κ3) is 8.36. The second-order valence-electron chi connectivity index (χ2n) is 10.8. The molecule has 2 atom stereocenters. The first kappa shape index (κ1) is 33.0. The quantitative estimate of drug-likeness (QED) is 0.175. The van der Waals surface area contributed by atoms with Gasteiger partial charge in [-0.05, 0) is 67.3 Å². The monoisotopic (exact) mass is 675 g/mol. The lowest BCUT2D eigenvalue weighted by Gasteiger charge is -2.34. The summed E-state index contributed by atoms with van der Waals surface area (Å²) < 4.78 is 29.9. The maximum atomic E-state index is 14.5. The molecule has 9 heteroatoms. The van der Waals surface area contributed by atoms with Gasteiger partial charge >= 0.3 is 0 Å². The number of hydrogen-bond donors (Lipinski definition) is 1. The van der Waals surface area contributed by atoms with Gasteiger partial charge in [0.15, 0.2) is 0 Å².